The zero-order valence-electron chi connectivity index (χ0n) is 9.78. The molecule has 0 bridgehead atoms. The van der Waals surface area contributed by atoms with E-state index in [1.807, 2.05) is 16.7 Å². The van der Waals surface area contributed by atoms with Crippen LogP contribution in [-0.2, 0) is 9.53 Å². The molecular formula is C11H20N2O2S. The molecule has 2 aliphatic heterocycles. The van der Waals surface area contributed by atoms with E-state index in [-0.39, 0.29) is 5.91 Å². The fourth-order valence-electron chi connectivity index (χ4n) is 2.26. The van der Waals surface area contributed by atoms with E-state index < -0.39 is 5.54 Å². The lowest BCUT2D eigenvalue weighted by Gasteiger charge is -2.41. The molecule has 2 aliphatic rings. The van der Waals surface area contributed by atoms with Crippen LogP contribution in [0.5, 0.6) is 0 Å². The van der Waals surface area contributed by atoms with Crippen molar-refractivity contribution in [3.05, 3.63) is 0 Å². The summed E-state index contributed by atoms with van der Waals surface area (Å²) < 4.78 is 5.27. The molecule has 0 aromatic heterocycles. The summed E-state index contributed by atoms with van der Waals surface area (Å²) in [6, 6.07) is 0.314. The van der Waals surface area contributed by atoms with Crippen molar-refractivity contribution in [2.24, 2.45) is 5.73 Å². The third-order valence-electron chi connectivity index (χ3n) is 3.44. The number of nitrogens with zero attached hydrogens (tertiary/aromatic N) is 1. The monoisotopic (exact) mass is 244 g/mol. The molecular weight excluding hydrogens is 224 g/mol. The summed E-state index contributed by atoms with van der Waals surface area (Å²) in [5.41, 5.74) is 5.55. The van der Waals surface area contributed by atoms with Crippen molar-refractivity contribution in [2.75, 3.05) is 31.3 Å². The van der Waals surface area contributed by atoms with Gasteiger partial charge in [-0.05, 0) is 19.8 Å². The summed E-state index contributed by atoms with van der Waals surface area (Å²) >= 11 is 1.91. The quantitative estimate of drug-likeness (QED) is 0.728. The Kier molecular flexibility index (Phi) is 3.77. The van der Waals surface area contributed by atoms with Crippen LogP contribution in [0, 0.1) is 0 Å². The molecule has 92 valence electrons. The topological polar surface area (TPSA) is 55.6 Å². The van der Waals surface area contributed by atoms with E-state index in [2.05, 4.69) is 6.92 Å². The molecule has 16 heavy (non-hydrogen) atoms. The highest BCUT2D eigenvalue weighted by Crippen LogP contribution is 2.24. The smallest absolute Gasteiger partial charge is 0.243 e. The summed E-state index contributed by atoms with van der Waals surface area (Å²) in [5.74, 6) is 2.18. The molecule has 2 fully saturated rings. The van der Waals surface area contributed by atoms with Crippen molar-refractivity contribution in [1.29, 1.82) is 0 Å². The van der Waals surface area contributed by atoms with Crippen LogP contribution in [0.1, 0.15) is 19.8 Å². The van der Waals surface area contributed by atoms with Crippen molar-refractivity contribution in [3.8, 4) is 0 Å². The van der Waals surface area contributed by atoms with Gasteiger partial charge in [0.05, 0.1) is 5.54 Å². The van der Waals surface area contributed by atoms with E-state index in [9.17, 15) is 4.79 Å². The van der Waals surface area contributed by atoms with Gasteiger partial charge in [-0.3, -0.25) is 4.79 Å². The molecule has 1 amide bonds. The van der Waals surface area contributed by atoms with Gasteiger partial charge < -0.3 is 15.4 Å². The zero-order chi connectivity index (χ0) is 11.6. The zero-order valence-corrected chi connectivity index (χ0v) is 10.6. The largest absolute Gasteiger partial charge is 0.381 e. The van der Waals surface area contributed by atoms with E-state index in [0.29, 0.717) is 32.1 Å². The Balaban J connectivity index is 2.04. The first-order valence-electron chi connectivity index (χ1n) is 5.89. The van der Waals surface area contributed by atoms with Gasteiger partial charge in [0.2, 0.25) is 5.91 Å². The number of amides is 1. The van der Waals surface area contributed by atoms with Crippen molar-refractivity contribution < 1.29 is 9.53 Å². The number of carbonyl (C=O) groups excluding carboxylic acids is 1. The second-order valence-corrected chi connectivity index (χ2v) is 5.84. The molecule has 0 aliphatic carbocycles. The maximum Gasteiger partial charge on any atom is 0.243 e. The number of thioether (sulfide) groups is 1. The van der Waals surface area contributed by atoms with Crippen LogP contribution >= 0.6 is 11.8 Å². The first kappa shape index (κ1) is 12.2. The molecule has 0 radical (unpaired) electrons. The van der Waals surface area contributed by atoms with E-state index in [4.69, 9.17) is 10.5 Å². The predicted octanol–water partition coefficient (Wildman–Crippen LogP) is 0.458. The third-order valence-corrected chi connectivity index (χ3v) is 4.63. The molecule has 2 saturated heterocycles. The van der Waals surface area contributed by atoms with Gasteiger partial charge in [-0.2, -0.15) is 11.8 Å². The highest BCUT2D eigenvalue weighted by atomic mass is 32.2. The first-order chi connectivity index (χ1) is 7.63. The Morgan fingerprint density at radius 3 is 2.81 bits per heavy atom. The summed E-state index contributed by atoms with van der Waals surface area (Å²) in [6.07, 6.45) is 1.31. The molecule has 4 nitrogen and oxygen atoms in total. The summed E-state index contributed by atoms with van der Waals surface area (Å²) in [6.45, 7) is 4.16. The van der Waals surface area contributed by atoms with Crippen molar-refractivity contribution in [3.63, 3.8) is 0 Å². The van der Waals surface area contributed by atoms with E-state index in [0.717, 1.165) is 18.1 Å². The summed E-state index contributed by atoms with van der Waals surface area (Å²) in [7, 11) is 0. The molecule has 0 spiro atoms. The second-order valence-electron chi connectivity index (χ2n) is 4.69. The van der Waals surface area contributed by atoms with Gasteiger partial charge in [-0.1, -0.05) is 0 Å². The fraction of sp³-hybridized carbons (Fsp3) is 0.909. The number of hydrogen-bond acceptors (Lipinski definition) is 4. The lowest BCUT2D eigenvalue weighted by molar-refractivity contribution is -0.142. The van der Waals surface area contributed by atoms with Gasteiger partial charge in [0.25, 0.3) is 0 Å². The van der Waals surface area contributed by atoms with Crippen molar-refractivity contribution in [1.82, 2.24) is 4.90 Å². The molecule has 2 rings (SSSR count). The van der Waals surface area contributed by atoms with Crippen molar-refractivity contribution >= 4 is 17.7 Å². The average molecular weight is 244 g/mol. The molecule has 5 heteroatoms. The minimum absolute atomic E-state index is 0.128. The highest BCUT2D eigenvalue weighted by molar-refractivity contribution is 7.99. The van der Waals surface area contributed by atoms with Crippen LogP contribution < -0.4 is 5.73 Å². The molecule has 1 atom stereocenters. The highest BCUT2D eigenvalue weighted by Gasteiger charge is 2.40. The maximum atomic E-state index is 12.4. The van der Waals surface area contributed by atoms with Crippen LogP contribution in [-0.4, -0.2) is 53.7 Å². The van der Waals surface area contributed by atoms with E-state index >= 15 is 0 Å². The van der Waals surface area contributed by atoms with Gasteiger partial charge >= 0.3 is 0 Å². The van der Waals surface area contributed by atoms with Gasteiger partial charge in [0.1, 0.15) is 0 Å². The summed E-state index contributed by atoms with van der Waals surface area (Å²) in [5, 5.41) is 0. The van der Waals surface area contributed by atoms with Crippen LogP contribution in [0.2, 0.25) is 0 Å². The lowest BCUT2D eigenvalue weighted by atomic mass is 9.89. The van der Waals surface area contributed by atoms with Gasteiger partial charge in [-0.25, -0.2) is 0 Å². The second kappa shape index (κ2) is 4.94. The molecule has 0 saturated carbocycles. The number of rotatable bonds is 1. The molecule has 2 N–H and O–H groups in total. The van der Waals surface area contributed by atoms with Gasteiger partial charge in [0, 0.05) is 37.3 Å². The van der Waals surface area contributed by atoms with Gasteiger partial charge in [-0.15, -0.1) is 0 Å². The Morgan fingerprint density at radius 2 is 2.19 bits per heavy atom. The number of hydrogen-bond donors (Lipinski definition) is 1. The van der Waals surface area contributed by atoms with Gasteiger partial charge in [0.15, 0.2) is 0 Å². The van der Waals surface area contributed by atoms with Crippen LogP contribution in [0.3, 0.4) is 0 Å². The van der Waals surface area contributed by atoms with Crippen LogP contribution in [0.4, 0.5) is 0 Å². The minimum atomic E-state index is -0.672. The third kappa shape index (κ3) is 2.36. The maximum absolute atomic E-state index is 12.4. The first-order valence-corrected chi connectivity index (χ1v) is 7.04. The molecule has 1 unspecified atom stereocenters. The molecule has 2 heterocycles. The number of carbonyl (C=O) groups is 1. The average Bonchev–Trinajstić information content (AvgIpc) is 2.30. The Bertz CT molecular complexity index is 267. The Labute approximate surface area is 101 Å². The molecule has 0 aromatic rings. The normalized spacial score (nSPS) is 30.1. The van der Waals surface area contributed by atoms with Crippen LogP contribution in [0.25, 0.3) is 0 Å². The van der Waals surface area contributed by atoms with E-state index in [1.165, 1.54) is 0 Å². The summed E-state index contributed by atoms with van der Waals surface area (Å²) in [4.78, 5) is 14.4. The number of ether oxygens (including phenoxy) is 1. The fourth-order valence-corrected chi connectivity index (χ4v) is 3.28. The SMILES string of the molecule is CC1CSCCN1C(=O)C1(N)CCOCC1. The minimum Gasteiger partial charge on any atom is -0.381 e. The van der Waals surface area contributed by atoms with Crippen LogP contribution in [0.15, 0.2) is 0 Å². The molecule has 0 aromatic carbocycles. The number of nitrogens with two attached hydrogens (primary N) is 1. The van der Waals surface area contributed by atoms with Crippen molar-refractivity contribution in [2.45, 2.75) is 31.3 Å². The Hall–Kier alpha value is -0.260. The van der Waals surface area contributed by atoms with E-state index in [1.54, 1.807) is 0 Å². The predicted molar refractivity (Wildman–Crippen MR) is 65.5 cm³/mol. The lowest BCUT2D eigenvalue weighted by Crippen LogP contribution is -2.61. The Morgan fingerprint density at radius 1 is 1.50 bits per heavy atom. The standard InChI is InChI=1S/C11H20N2O2S/c1-9-8-16-7-4-13(9)10(14)11(12)2-5-15-6-3-11/h9H,2-8,12H2,1H3.